The van der Waals surface area contributed by atoms with E-state index in [4.69, 9.17) is 4.42 Å². The molecule has 0 atom stereocenters. The van der Waals surface area contributed by atoms with E-state index in [1.165, 1.54) is 11.2 Å². The second-order valence-corrected chi connectivity index (χ2v) is 4.61. The molecular formula is C11H12BrNO3. The van der Waals surface area contributed by atoms with Gasteiger partial charge < -0.3 is 4.42 Å². The molecule has 0 aromatic carbocycles. The smallest absolute Gasteiger partial charge is 0.297 e. The van der Waals surface area contributed by atoms with Gasteiger partial charge in [0.25, 0.3) is 5.91 Å². The van der Waals surface area contributed by atoms with E-state index in [0.717, 1.165) is 19.3 Å². The number of rotatable bonds is 1. The minimum Gasteiger partial charge on any atom is -0.458 e. The summed E-state index contributed by atoms with van der Waals surface area (Å²) in [6.45, 7) is 0.491. The van der Waals surface area contributed by atoms with E-state index in [1.807, 2.05) is 0 Å². The Kier molecular flexibility index (Phi) is 3.43. The molecule has 2 rings (SSSR count). The Morgan fingerprint density at radius 2 is 2.19 bits per heavy atom. The van der Waals surface area contributed by atoms with Gasteiger partial charge in [0.2, 0.25) is 11.7 Å². The van der Waals surface area contributed by atoms with Gasteiger partial charge in [0.15, 0.2) is 0 Å². The van der Waals surface area contributed by atoms with Crippen molar-refractivity contribution in [1.29, 1.82) is 0 Å². The topological polar surface area (TPSA) is 50.5 Å². The Bertz CT molecular complexity index is 413. The van der Waals surface area contributed by atoms with Crippen molar-refractivity contribution in [2.75, 3.05) is 6.54 Å². The molecule has 0 unspecified atom stereocenters. The molecule has 0 aliphatic carbocycles. The van der Waals surface area contributed by atoms with Gasteiger partial charge in [-0.15, -0.1) is 0 Å². The van der Waals surface area contributed by atoms with E-state index < -0.39 is 0 Å². The summed E-state index contributed by atoms with van der Waals surface area (Å²) in [6, 6.07) is 1.65. The summed E-state index contributed by atoms with van der Waals surface area (Å²) in [4.78, 5) is 25.0. The zero-order valence-corrected chi connectivity index (χ0v) is 10.3. The molecule has 1 aromatic heterocycles. The molecule has 86 valence electrons. The highest BCUT2D eigenvalue weighted by molar-refractivity contribution is 9.10. The maximum atomic E-state index is 12.0. The van der Waals surface area contributed by atoms with E-state index in [-0.39, 0.29) is 17.6 Å². The summed E-state index contributed by atoms with van der Waals surface area (Å²) < 4.78 is 5.67. The first-order valence-electron chi connectivity index (χ1n) is 5.28. The summed E-state index contributed by atoms with van der Waals surface area (Å²) in [5.74, 6) is -0.246. The molecule has 4 nitrogen and oxygen atoms in total. The quantitative estimate of drug-likeness (QED) is 0.745. The van der Waals surface area contributed by atoms with Gasteiger partial charge in [-0.25, -0.2) is 0 Å². The van der Waals surface area contributed by atoms with Crippen molar-refractivity contribution < 1.29 is 14.0 Å². The van der Waals surface area contributed by atoms with Gasteiger partial charge in [-0.05, 0) is 34.8 Å². The number of carbonyl (C=O) groups is 2. The van der Waals surface area contributed by atoms with Crippen LogP contribution in [0.2, 0.25) is 0 Å². The predicted molar refractivity (Wildman–Crippen MR) is 60.9 cm³/mol. The normalized spacial score (nSPS) is 17.3. The van der Waals surface area contributed by atoms with Crippen LogP contribution in [0.25, 0.3) is 0 Å². The van der Waals surface area contributed by atoms with Gasteiger partial charge >= 0.3 is 0 Å². The molecule has 0 saturated carbocycles. The minimum atomic E-state index is -0.344. The molecule has 1 aliphatic rings. The van der Waals surface area contributed by atoms with Crippen molar-refractivity contribution in [1.82, 2.24) is 4.90 Å². The SMILES string of the molecule is O=C1CCCCCN1C(=O)c1occc1Br. The zero-order valence-electron chi connectivity index (χ0n) is 8.74. The van der Waals surface area contributed by atoms with E-state index in [1.54, 1.807) is 6.07 Å². The van der Waals surface area contributed by atoms with Crippen molar-refractivity contribution in [3.8, 4) is 0 Å². The van der Waals surface area contributed by atoms with Crippen LogP contribution >= 0.6 is 15.9 Å². The molecule has 0 N–H and O–H groups in total. The number of hydrogen-bond donors (Lipinski definition) is 0. The monoisotopic (exact) mass is 285 g/mol. The van der Waals surface area contributed by atoms with Crippen LogP contribution in [0.5, 0.6) is 0 Å². The van der Waals surface area contributed by atoms with Gasteiger partial charge in [0.1, 0.15) is 0 Å². The molecule has 1 fully saturated rings. The third-order valence-corrected chi connectivity index (χ3v) is 3.25. The first kappa shape index (κ1) is 11.4. The van der Waals surface area contributed by atoms with Gasteiger partial charge in [-0.3, -0.25) is 14.5 Å². The fraction of sp³-hybridized carbons (Fsp3) is 0.455. The second kappa shape index (κ2) is 4.82. The second-order valence-electron chi connectivity index (χ2n) is 3.76. The lowest BCUT2D eigenvalue weighted by atomic mass is 10.2. The summed E-state index contributed by atoms with van der Waals surface area (Å²) in [5.41, 5.74) is 0. The molecule has 2 heterocycles. The summed E-state index contributed by atoms with van der Waals surface area (Å²) >= 11 is 3.22. The molecule has 2 amide bonds. The van der Waals surface area contributed by atoms with Crippen LogP contribution in [0.3, 0.4) is 0 Å². The number of hydrogen-bond acceptors (Lipinski definition) is 3. The Morgan fingerprint density at radius 1 is 1.38 bits per heavy atom. The standard InChI is InChI=1S/C11H12BrNO3/c12-8-5-7-16-10(8)11(15)13-6-3-1-2-4-9(13)14/h5,7H,1-4,6H2. The number of amides is 2. The van der Waals surface area contributed by atoms with Crippen molar-refractivity contribution >= 4 is 27.7 Å². The van der Waals surface area contributed by atoms with Crippen LogP contribution in [0.15, 0.2) is 21.2 Å². The highest BCUT2D eigenvalue weighted by Gasteiger charge is 2.27. The van der Waals surface area contributed by atoms with E-state index >= 15 is 0 Å². The number of carbonyl (C=O) groups excluding carboxylic acids is 2. The molecule has 1 aromatic rings. The lowest BCUT2D eigenvalue weighted by Crippen LogP contribution is -2.36. The van der Waals surface area contributed by atoms with Gasteiger partial charge in [0, 0.05) is 13.0 Å². The van der Waals surface area contributed by atoms with Crippen LogP contribution in [0, 0.1) is 0 Å². The average Bonchev–Trinajstić information content (AvgIpc) is 2.56. The summed E-state index contributed by atoms with van der Waals surface area (Å²) in [6.07, 6.45) is 4.61. The zero-order chi connectivity index (χ0) is 11.5. The van der Waals surface area contributed by atoms with Crippen LogP contribution in [0.4, 0.5) is 0 Å². The fourth-order valence-electron chi connectivity index (χ4n) is 1.77. The van der Waals surface area contributed by atoms with E-state index in [0.29, 0.717) is 17.4 Å². The van der Waals surface area contributed by atoms with Crippen LogP contribution in [-0.2, 0) is 4.79 Å². The number of nitrogens with zero attached hydrogens (tertiary/aromatic N) is 1. The van der Waals surface area contributed by atoms with Gasteiger partial charge in [0.05, 0.1) is 10.7 Å². The van der Waals surface area contributed by atoms with Crippen molar-refractivity contribution in [2.45, 2.75) is 25.7 Å². The van der Waals surface area contributed by atoms with Crippen LogP contribution in [-0.4, -0.2) is 23.3 Å². The highest BCUT2D eigenvalue weighted by atomic mass is 79.9. The van der Waals surface area contributed by atoms with Gasteiger partial charge in [-0.1, -0.05) is 6.42 Å². The predicted octanol–water partition coefficient (Wildman–Crippen LogP) is 2.58. The van der Waals surface area contributed by atoms with E-state index in [2.05, 4.69) is 15.9 Å². The maximum absolute atomic E-state index is 12.0. The Morgan fingerprint density at radius 3 is 2.88 bits per heavy atom. The lowest BCUT2D eigenvalue weighted by Gasteiger charge is -2.16. The summed E-state index contributed by atoms with van der Waals surface area (Å²) in [5, 5.41) is 0. The van der Waals surface area contributed by atoms with Crippen molar-refractivity contribution in [2.24, 2.45) is 0 Å². The van der Waals surface area contributed by atoms with Crippen LogP contribution in [0.1, 0.15) is 36.2 Å². The van der Waals surface area contributed by atoms with Gasteiger partial charge in [-0.2, -0.15) is 0 Å². The number of likely N-dealkylation sites (tertiary alicyclic amines) is 1. The molecule has 0 bridgehead atoms. The average molecular weight is 286 g/mol. The number of halogens is 1. The van der Waals surface area contributed by atoms with Crippen molar-refractivity contribution in [3.63, 3.8) is 0 Å². The van der Waals surface area contributed by atoms with Crippen LogP contribution < -0.4 is 0 Å². The highest BCUT2D eigenvalue weighted by Crippen LogP contribution is 2.21. The lowest BCUT2D eigenvalue weighted by molar-refractivity contribution is -0.128. The number of furan rings is 1. The first-order chi connectivity index (χ1) is 7.70. The molecular weight excluding hydrogens is 274 g/mol. The largest absolute Gasteiger partial charge is 0.458 e. The molecule has 0 spiro atoms. The number of imide groups is 1. The van der Waals surface area contributed by atoms with Crippen molar-refractivity contribution in [3.05, 3.63) is 22.6 Å². The molecule has 1 aliphatic heterocycles. The maximum Gasteiger partial charge on any atom is 0.297 e. The third kappa shape index (κ3) is 2.19. The Hall–Kier alpha value is -1.10. The molecule has 0 radical (unpaired) electrons. The summed E-state index contributed by atoms with van der Waals surface area (Å²) in [7, 11) is 0. The fourth-order valence-corrected chi connectivity index (χ4v) is 2.14. The Balaban J connectivity index is 2.20. The molecule has 5 heteroatoms. The van der Waals surface area contributed by atoms with E-state index in [9.17, 15) is 9.59 Å². The minimum absolute atomic E-state index is 0.106. The first-order valence-corrected chi connectivity index (χ1v) is 6.07. The Labute approximate surface area is 102 Å². The third-order valence-electron chi connectivity index (χ3n) is 2.63. The molecule has 1 saturated heterocycles. The molecule has 16 heavy (non-hydrogen) atoms.